The second-order valence-electron chi connectivity index (χ2n) is 8.54. The normalized spacial score (nSPS) is 13.0. The number of fused-ring (bicyclic) bond motifs is 1. The second-order valence-corrected chi connectivity index (χ2v) is 8.54. The number of hydrogen-bond donors (Lipinski definition) is 2. The summed E-state index contributed by atoms with van der Waals surface area (Å²) >= 11 is 0. The predicted molar refractivity (Wildman–Crippen MR) is 125 cm³/mol. The summed E-state index contributed by atoms with van der Waals surface area (Å²) in [4.78, 5) is 39.3. The molecule has 7 heteroatoms. The lowest BCUT2D eigenvalue weighted by Gasteiger charge is -2.32. The van der Waals surface area contributed by atoms with Gasteiger partial charge < -0.3 is 20.3 Å². The summed E-state index contributed by atoms with van der Waals surface area (Å²) in [5, 5.41) is 5.83. The number of esters is 1. The Balaban J connectivity index is 1.67. The lowest BCUT2D eigenvalue weighted by atomic mass is 9.95. The zero-order valence-corrected chi connectivity index (χ0v) is 19.1. The second kappa shape index (κ2) is 10.3. The van der Waals surface area contributed by atoms with Gasteiger partial charge in [0.1, 0.15) is 0 Å². The van der Waals surface area contributed by atoms with Gasteiger partial charge in [0.25, 0.3) is 5.91 Å². The Kier molecular flexibility index (Phi) is 7.51. The van der Waals surface area contributed by atoms with Crippen LogP contribution in [0.1, 0.15) is 60.4 Å². The zero-order chi connectivity index (χ0) is 23.3. The van der Waals surface area contributed by atoms with Crippen LogP contribution in [0.25, 0.3) is 0 Å². The average molecular weight is 438 g/mol. The molecule has 0 fully saturated rings. The first-order chi connectivity index (χ1) is 15.2. The Morgan fingerprint density at radius 2 is 1.75 bits per heavy atom. The van der Waals surface area contributed by atoms with Crippen LogP contribution in [-0.4, -0.2) is 43.0 Å². The molecule has 0 bridgehead atoms. The quantitative estimate of drug-likeness (QED) is 0.644. The standard InChI is InChI=1S/C25H31N3O4/c1-16(2)26-24(30)21-7-5-9-22-20(21)8-6-14-28(22)15-23(29)27-19-12-10-18(11-13-19)25(31)32-17(3)4/h5,7,9-13,16-17H,6,8,14-15H2,1-4H3,(H,26,30)(H,27,29). The van der Waals surface area contributed by atoms with E-state index in [0.29, 0.717) is 16.8 Å². The fourth-order valence-electron chi connectivity index (χ4n) is 3.76. The number of nitrogens with zero attached hydrogens (tertiary/aromatic N) is 1. The van der Waals surface area contributed by atoms with Crippen molar-refractivity contribution in [2.75, 3.05) is 23.3 Å². The molecule has 1 aliphatic rings. The number of rotatable bonds is 7. The third-order valence-electron chi connectivity index (χ3n) is 5.09. The summed E-state index contributed by atoms with van der Waals surface area (Å²) in [7, 11) is 0. The number of nitrogens with one attached hydrogen (secondary N) is 2. The van der Waals surface area contributed by atoms with E-state index in [-0.39, 0.29) is 36.5 Å². The van der Waals surface area contributed by atoms with Crippen molar-refractivity contribution in [2.24, 2.45) is 0 Å². The van der Waals surface area contributed by atoms with Crippen molar-refractivity contribution in [3.05, 3.63) is 59.2 Å². The highest BCUT2D eigenvalue weighted by Crippen LogP contribution is 2.30. The maximum absolute atomic E-state index is 12.7. The fraction of sp³-hybridized carbons (Fsp3) is 0.400. The molecular formula is C25H31N3O4. The first kappa shape index (κ1) is 23.3. The molecule has 0 aromatic heterocycles. The van der Waals surface area contributed by atoms with Crippen LogP contribution in [-0.2, 0) is 16.0 Å². The van der Waals surface area contributed by atoms with Gasteiger partial charge in [-0.2, -0.15) is 0 Å². The molecule has 0 spiro atoms. The van der Waals surface area contributed by atoms with Crippen LogP contribution in [0.3, 0.4) is 0 Å². The number of ether oxygens (including phenoxy) is 1. The molecule has 32 heavy (non-hydrogen) atoms. The summed E-state index contributed by atoms with van der Waals surface area (Å²) in [6.45, 7) is 8.39. The molecule has 0 atom stereocenters. The van der Waals surface area contributed by atoms with Gasteiger partial charge in [-0.05, 0) is 82.5 Å². The third-order valence-corrected chi connectivity index (χ3v) is 5.09. The molecular weight excluding hydrogens is 406 g/mol. The molecule has 2 amide bonds. The van der Waals surface area contributed by atoms with Crippen molar-refractivity contribution in [3.8, 4) is 0 Å². The lowest BCUT2D eigenvalue weighted by Crippen LogP contribution is -2.38. The van der Waals surface area contributed by atoms with E-state index in [1.54, 1.807) is 38.1 Å². The lowest BCUT2D eigenvalue weighted by molar-refractivity contribution is -0.115. The first-order valence-electron chi connectivity index (χ1n) is 11.0. The summed E-state index contributed by atoms with van der Waals surface area (Å²) in [5.74, 6) is -0.633. The highest BCUT2D eigenvalue weighted by molar-refractivity contribution is 5.99. The van der Waals surface area contributed by atoms with Crippen molar-refractivity contribution < 1.29 is 19.1 Å². The summed E-state index contributed by atoms with van der Waals surface area (Å²) in [6.07, 6.45) is 1.49. The van der Waals surface area contributed by atoms with Crippen LogP contribution in [0.5, 0.6) is 0 Å². The third kappa shape index (κ3) is 5.87. The molecule has 2 aromatic carbocycles. The van der Waals surface area contributed by atoms with Crippen LogP contribution >= 0.6 is 0 Å². The topological polar surface area (TPSA) is 87.7 Å². The maximum atomic E-state index is 12.7. The van der Waals surface area contributed by atoms with Crippen molar-refractivity contribution in [1.82, 2.24) is 5.32 Å². The smallest absolute Gasteiger partial charge is 0.338 e. The maximum Gasteiger partial charge on any atom is 0.338 e. The Morgan fingerprint density at radius 3 is 2.41 bits per heavy atom. The van der Waals surface area contributed by atoms with Gasteiger partial charge in [-0.1, -0.05) is 6.07 Å². The molecule has 0 unspecified atom stereocenters. The Hall–Kier alpha value is -3.35. The summed E-state index contributed by atoms with van der Waals surface area (Å²) < 4.78 is 5.18. The van der Waals surface area contributed by atoms with Crippen molar-refractivity contribution >= 4 is 29.2 Å². The van der Waals surface area contributed by atoms with Gasteiger partial charge >= 0.3 is 5.97 Å². The number of carbonyl (C=O) groups excluding carboxylic acids is 3. The van der Waals surface area contributed by atoms with E-state index >= 15 is 0 Å². The molecule has 0 aliphatic carbocycles. The molecule has 0 saturated carbocycles. The molecule has 0 saturated heterocycles. The molecule has 1 heterocycles. The largest absolute Gasteiger partial charge is 0.459 e. The van der Waals surface area contributed by atoms with Crippen molar-refractivity contribution in [3.63, 3.8) is 0 Å². The van der Waals surface area contributed by atoms with Crippen LogP contribution < -0.4 is 15.5 Å². The molecule has 7 nitrogen and oxygen atoms in total. The average Bonchev–Trinajstić information content (AvgIpc) is 2.73. The monoisotopic (exact) mass is 437 g/mol. The molecule has 2 N–H and O–H groups in total. The van der Waals surface area contributed by atoms with E-state index in [2.05, 4.69) is 10.6 Å². The van der Waals surface area contributed by atoms with Crippen LogP contribution in [0.2, 0.25) is 0 Å². The summed E-state index contributed by atoms with van der Waals surface area (Å²) in [6, 6.07) is 12.4. The van der Waals surface area contributed by atoms with Crippen LogP contribution in [0, 0.1) is 0 Å². The fourth-order valence-corrected chi connectivity index (χ4v) is 3.76. The molecule has 1 aliphatic heterocycles. The van der Waals surface area contributed by atoms with Crippen LogP contribution in [0.15, 0.2) is 42.5 Å². The van der Waals surface area contributed by atoms with E-state index in [9.17, 15) is 14.4 Å². The van der Waals surface area contributed by atoms with Crippen molar-refractivity contribution in [2.45, 2.75) is 52.7 Å². The minimum atomic E-state index is -0.389. The van der Waals surface area contributed by atoms with Gasteiger partial charge in [-0.3, -0.25) is 9.59 Å². The van der Waals surface area contributed by atoms with Gasteiger partial charge in [0.2, 0.25) is 5.91 Å². The number of carbonyl (C=O) groups is 3. The predicted octanol–water partition coefficient (Wildman–Crippen LogP) is 3.78. The minimum Gasteiger partial charge on any atom is -0.459 e. The number of benzene rings is 2. The van der Waals surface area contributed by atoms with E-state index in [1.165, 1.54) is 0 Å². The number of hydrogen-bond acceptors (Lipinski definition) is 5. The van der Waals surface area contributed by atoms with Gasteiger partial charge in [0.15, 0.2) is 0 Å². The molecule has 3 rings (SSSR count). The van der Waals surface area contributed by atoms with Gasteiger partial charge in [-0.25, -0.2) is 4.79 Å². The van der Waals surface area contributed by atoms with Gasteiger partial charge in [0.05, 0.1) is 18.2 Å². The van der Waals surface area contributed by atoms with Gasteiger partial charge in [0, 0.05) is 29.5 Å². The molecule has 0 radical (unpaired) electrons. The zero-order valence-electron chi connectivity index (χ0n) is 19.1. The summed E-state index contributed by atoms with van der Waals surface area (Å²) in [5.41, 5.74) is 3.63. The Bertz CT molecular complexity index is 983. The Labute approximate surface area is 189 Å². The van der Waals surface area contributed by atoms with E-state index in [4.69, 9.17) is 4.74 Å². The number of anilines is 2. The highest BCUT2D eigenvalue weighted by atomic mass is 16.5. The van der Waals surface area contributed by atoms with E-state index < -0.39 is 0 Å². The minimum absolute atomic E-state index is 0.0578. The molecule has 2 aromatic rings. The number of amides is 2. The van der Waals surface area contributed by atoms with Gasteiger partial charge in [-0.15, -0.1) is 0 Å². The van der Waals surface area contributed by atoms with E-state index in [0.717, 1.165) is 30.6 Å². The van der Waals surface area contributed by atoms with E-state index in [1.807, 2.05) is 36.9 Å². The van der Waals surface area contributed by atoms with Crippen molar-refractivity contribution in [1.29, 1.82) is 0 Å². The SMILES string of the molecule is CC(C)NC(=O)c1cccc2c1CCCN2CC(=O)Nc1ccc(C(=O)OC(C)C)cc1. The Morgan fingerprint density at radius 1 is 1.03 bits per heavy atom. The van der Waals surface area contributed by atoms with Crippen LogP contribution in [0.4, 0.5) is 11.4 Å². The first-order valence-corrected chi connectivity index (χ1v) is 11.0. The highest BCUT2D eigenvalue weighted by Gasteiger charge is 2.24. The molecule has 170 valence electrons.